The summed E-state index contributed by atoms with van der Waals surface area (Å²) in [5.74, 6) is -0.0908. The van der Waals surface area contributed by atoms with Gasteiger partial charge in [-0.1, -0.05) is 49.4 Å². The van der Waals surface area contributed by atoms with Crippen LogP contribution in [0.1, 0.15) is 30.0 Å². The normalized spacial score (nSPS) is 11.5. The van der Waals surface area contributed by atoms with Crippen molar-refractivity contribution in [2.75, 3.05) is 13.6 Å². The quantitative estimate of drug-likeness (QED) is 0.586. The number of rotatable bonds is 8. The van der Waals surface area contributed by atoms with Crippen molar-refractivity contribution in [3.05, 3.63) is 77.5 Å². The largest absolute Gasteiger partial charge is 0.361 e. The first kappa shape index (κ1) is 18.9. The van der Waals surface area contributed by atoms with Gasteiger partial charge in [0.05, 0.1) is 0 Å². The van der Waals surface area contributed by atoms with Gasteiger partial charge in [-0.05, 0) is 41.8 Å². The van der Waals surface area contributed by atoms with Crippen molar-refractivity contribution < 1.29 is 4.79 Å². The number of para-hydroxylation sites is 1. The molecule has 0 spiro atoms. The molecule has 1 aromatic heterocycles. The van der Waals surface area contributed by atoms with E-state index in [2.05, 4.69) is 76.9 Å². The van der Waals surface area contributed by atoms with Crippen LogP contribution >= 0.6 is 0 Å². The summed E-state index contributed by atoms with van der Waals surface area (Å²) >= 11 is 0. The van der Waals surface area contributed by atoms with Crippen LogP contribution in [0.4, 0.5) is 0 Å². The highest BCUT2D eigenvalue weighted by molar-refractivity contribution is 5.91. The first-order valence-electron chi connectivity index (χ1n) is 9.45. The van der Waals surface area contributed by atoms with Crippen LogP contribution in [-0.4, -0.2) is 29.4 Å². The SMILES string of the molecule is CCCN(Cc1ccc(/C=C/C(=O)NC)cc1)Cc1c[nH]c2ccccc12. The summed E-state index contributed by atoms with van der Waals surface area (Å²) in [5, 5.41) is 3.88. The molecule has 2 N–H and O–H groups in total. The number of nitrogens with zero attached hydrogens (tertiary/aromatic N) is 1. The average Bonchev–Trinajstić information content (AvgIpc) is 3.10. The summed E-state index contributed by atoms with van der Waals surface area (Å²) in [6.45, 7) is 5.11. The van der Waals surface area contributed by atoms with Crippen LogP contribution in [0.5, 0.6) is 0 Å². The molecule has 0 bridgehead atoms. The van der Waals surface area contributed by atoms with Gasteiger partial charge in [-0.2, -0.15) is 0 Å². The predicted octanol–water partition coefficient (Wildman–Crippen LogP) is 4.34. The molecule has 3 aromatic rings. The molecule has 1 amide bonds. The maximum absolute atomic E-state index is 11.3. The Labute approximate surface area is 160 Å². The number of H-pyrrole nitrogens is 1. The second kappa shape index (κ2) is 9.19. The predicted molar refractivity (Wildman–Crippen MR) is 112 cm³/mol. The number of likely N-dealkylation sites (N-methyl/N-ethyl adjacent to an activating group) is 1. The topological polar surface area (TPSA) is 48.1 Å². The zero-order valence-electron chi connectivity index (χ0n) is 16.0. The third kappa shape index (κ3) is 5.08. The fourth-order valence-corrected chi connectivity index (χ4v) is 3.28. The second-order valence-corrected chi connectivity index (χ2v) is 6.76. The van der Waals surface area contributed by atoms with Crippen LogP contribution in [0.2, 0.25) is 0 Å². The smallest absolute Gasteiger partial charge is 0.243 e. The molecule has 0 saturated heterocycles. The monoisotopic (exact) mass is 361 g/mol. The van der Waals surface area contributed by atoms with Crippen LogP contribution in [0.15, 0.2) is 60.8 Å². The van der Waals surface area contributed by atoms with Crippen molar-refractivity contribution in [1.82, 2.24) is 15.2 Å². The second-order valence-electron chi connectivity index (χ2n) is 6.76. The Morgan fingerprint density at radius 2 is 1.89 bits per heavy atom. The van der Waals surface area contributed by atoms with Crippen molar-refractivity contribution in [1.29, 1.82) is 0 Å². The van der Waals surface area contributed by atoms with Gasteiger partial charge < -0.3 is 10.3 Å². The van der Waals surface area contributed by atoms with Gasteiger partial charge in [0.25, 0.3) is 0 Å². The van der Waals surface area contributed by atoms with E-state index in [-0.39, 0.29) is 5.91 Å². The average molecular weight is 361 g/mol. The third-order valence-electron chi connectivity index (χ3n) is 4.67. The zero-order valence-corrected chi connectivity index (χ0v) is 16.0. The fourth-order valence-electron chi connectivity index (χ4n) is 3.28. The number of carbonyl (C=O) groups is 1. The van der Waals surface area contributed by atoms with E-state index >= 15 is 0 Å². The molecule has 4 heteroatoms. The van der Waals surface area contributed by atoms with Crippen molar-refractivity contribution >= 4 is 22.9 Å². The Hall–Kier alpha value is -2.85. The number of nitrogens with one attached hydrogen (secondary N) is 2. The molecule has 4 nitrogen and oxygen atoms in total. The number of benzene rings is 2. The summed E-state index contributed by atoms with van der Waals surface area (Å²) in [6, 6.07) is 16.9. The lowest BCUT2D eigenvalue weighted by atomic mass is 10.1. The number of carbonyl (C=O) groups excluding carboxylic acids is 1. The molecular weight excluding hydrogens is 334 g/mol. The van der Waals surface area contributed by atoms with Gasteiger partial charge in [-0.3, -0.25) is 9.69 Å². The van der Waals surface area contributed by atoms with Crippen LogP contribution < -0.4 is 5.32 Å². The highest BCUT2D eigenvalue weighted by atomic mass is 16.1. The maximum Gasteiger partial charge on any atom is 0.243 e. The molecule has 0 aliphatic rings. The standard InChI is InChI=1S/C23H27N3O/c1-3-14-26(17-20-15-25-22-7-5-4-6-21(20)22)16-19-10-8-18(9-11-19)12-13-23(27)24-2/h4-13,15,25H,3,14,16-17H2,1-2H3,(H,24,27)/b13-12+. The Morgan fingerprint density at radius 1 is 1.11 bits per heavy atom. The van der Waals surface area contributed by atoms with Crippen molar-refractivity contribution in [3.8, 4) is 0 Å². The molecule has 0 unspecified atom stereocenters. The fraction of sp³-hybridized carbons (Fsp3) is 0.261. The number of hydrogen-bond donors (Lipinski definition) is 2. The van der Waals surface area contributed by atoms with Crippen LogP contribution in [0, 0.1) is 0 Å². The highest BCUT2D eigenvalue weighted by Crippen LogP contribution is 2.20. The molecule has 27 heavy (non-hydrogen) atoms. The lowest BCUT2D eigenvalue weighted by Gasteiger charge is -2.21. The van der Waals surface area contributed by atoms with Crippen LogP contribution in [-0.2, 0) is 17.9 Å². The highest BCUT2D eigenvalue weighted by Gasteiger charge is 2.10. The van der Waals surface area contributed by atoms with Crippen LogP contribution in [0.3, 0.4) is 0 Å². The molecule has 0 saturated carbocycles. The summed E-state index contributed by atoms with van der Waals surface area (Å²) in [7, 11) is 1.63. The van der Waals surface area contributed by atoms with E-state index in [1.165, 1.54) is 22.0 Å². The van der Waals surface area contributed by atoms with Gasteiger partial charge in [-0.15, -0.1) is 0 Å². The van der Waals surface area contributed by atoms with Crippen molar-refractivity contribution in [2.45, 2.75) is 26.4 Å². The summed E-state index contributed by atoms with van der Waals surface area (Å²) in [5.41, 5.74) is 4.83. The number of aromatic nitrogens is 1. The van der Waals surface area contributed by atoms with Gasteiger partial charge in [-0.25, -0.2) is 0 Å². The first-order chi connectivity index (χ1) is 13.2. The summed E-state index contributed by atoms with van der Waals surface area (Å²) in [6.07, 6.45) is 6.63. The molecular formula is C23H27N3O. The minimum Gasteiger partial charge on any atom is -0.361 e. The molecule has 0 radical (unpaired) electrons. The number of hydrogen-bond acceptors (Lipinski definition) is 2. The Balaban J connectivity index is 1.69. The number of fused-ring (bicyclic) bond motifs is 1. The molecule has 0 atom stereocenters. The van der Waals surface area contributed by atoms with Crippen LogP contribution in [0.25, 0.3) is 17.0 Å². The van der Waals surface area contributed by atoms with Gasteiger partial charge in [0, 0.05) is 43.3 Å². The third-order valence-corrected chi connectivity index (χ3v) is 4.67. The van der Waals surface area contributed by atoms with Crippen molar-refractivity contribution in [3.63, 3.8) is 0 Å². The molecule has 1 heterocycles. The summed E-state index contributed by atoms with van der Waals surface area (Å²) in [4.78, 5) is 17.2. The molecule has 2 aromatic carbocycles. The van der Waals surface area contributed by atoms with E-state index < -0.39 is 0 Å². The van der Waals surface area contributed by atoms with E-state index in [9.17, 15) is 4.79 Å². The van der Waals surface area contributed by atoms with Gasteiger partial charge >= 0.3 is 0 Å². The number of amides is 1. The molecule has 0 fully saturated rings. The maximum atomic E-state index is 11.3. The first-order valence-corrected chi connectivity index (χ1v) is 9.45. The van der Waals surface area contributed by atoms with E-state index in [4.69, 9.17) is 0 Å². The van der Waals surface area contributed by atoms with Gasteiger partial charge in [0.15, 0.2) is 0 Å². The minimum absolute atomic E-state index is 0.0908. The van der Waals surface area contributed by atoms with Gasteiger partial charge in [0.2, 0.25) is 5.91 Å². The Bertz CT molecular complexity index is 909. The lowest BCUT2D eigenvalue weighted by molar-refractivity contribution is -0.115. The van der Waals surface area contributed by atoms with E-state index in [1.807, 2.05) is 6.08 Å². The molecule has 0 aliphatic carbocycles. The lowest BCUT2D eigenvalue weighted by Crippen LogP contribution is -2.23. The van der Waals surface area contributed by atoms with Gasteiger partial charge in [0.1, 0.15) is 0 Å². The zero-order chi connectivity index (χ0) is 19.1. The number of aromatic amines is 1. The Kier molecular flexibility index (Phi) is 6.44. The van der Waals surface area contributed by atoms with E-state index in [0.717, 1.165) is 31.6 Å². The van der Waals surface area contributed by atoms with Crippen molar-refractivity contribution in [2.24, 2.45) is 0 Å². The Morgan fingerprint density at radius 3 is 2.63 bits per heavy atom. The van der Waals surface area contributed by atoms with E-state index in [0.29, 0.717) is 0 Å². The molecule has 140 valence electrons. The molecule has 0 aliphatic heterocycles. The van der Waals surface area contributed by atoms with E-state index in [1.54, 1.807) is 13.1 Å². The minimum atomic E-state index is -0.0908. The summed E-state index contributed by atoms with van der Waals surface area (Å²) < 4.78 is 0. The molecule has 3 rings (SSSR count).